The first kappa shape index (κ1) is 14.1. The molecule has 2 aromatic rings. The van der Waals surface area contributed by atoms with E-state index in [1.54, 1.807) is 36.5 Å². The maximum Gasteiger partial charge on any atom is 0.262 e. The molecule has 5 nitrogen and oxygen atoms in total. The average molecular weight is 292 g/mol. The molecule has 0 saturated carbocycles. The molecule has 0 spiro atoms. The molecule has 1 aromatic carbocycles. The third-order valence-corrected chi connectivity index (χ3v) is 2.89. The molecular formula is C14H14ClN3O2. The second kappa shape index (κ2) is 6.25. The number of nitrogens with zero attached hydrogens (tertiary/aromatic N) is 1. The smallest absolute Gasteiger partial charge is 0.262 e. The van der Waals surface area contributed by atoms with Crippen molar-refractivity contribution >= 4 is 28.9 Å². The Hall–Kier alpha value is -2.27. The molecule has 3 N–H and O–H groups in total. The van der Waals surface area contributed by atoms with Crippen LogP contribution in [0.25, 0.3) is 0 Å². The molecule has 0 aliphatic rings. The van der Waals surface area contributed by atoms with E-state index in [0.717, 1.165) is 5.56 Å². The molecule has 1 amide bonds. The lowest BCUT2D eigenvalue weighted by Gasteiger charge is -2.10. The van der Waals surface area contributed by atoms with E-state index in [-0.39, 0.29) is 17.7 Å². The van der Waals surface area contributed by atoms with Crippen LogP contribution < -0.4 is 15.8 Å². The highest BCUT2D eigenvalue weighted by Crippen LogP contribution is 2.22. The van der Waals surface area contributed by atoms with Crippen LogP contribution in [0, 0.1) is 6.92 Å². The van der Waals surface area contributed by atoms with Gasteiger partial charge in [0.1, 0.15) is 5.75 Å². The van der Waals surface area contributed by atoms with Crippen LogP contribution in [0.3, 0.4) is 0 Å². The number of anilines is 2. The van der Waals surface area contributed by atoms with Crippen molar-refractivity contribution in [1.82, 2.24) is 4.98 Å². The summed E-state index contributed by atoms with van der Waals surface area (Å²) in [6.07, 6.45) is 1.58. The zero-order chi connectivity index (χ0) is 14.5. The molecule has 0 unspecified atom stereocenters. The van der Waals surface area contributed by atoms with Gasteiger partial charge in [0, 0.05) is 18.0 Å². The highest BCUT2D eigenvalue weighted by Gasteiger charge is 2.10. The van der Waals surface area contributed by atoms with E-state index < -0.39 is 0 Å². The Balaban J connectivity index is 1.96. The molecule has 1 aromatic heterocycles. The van der Waals surface area contributed by atoms with E-state index in [0.29, 0.717) is 17.1 Å². The first-order valence-electron chi connectivity index (χ1n) is 5.95. The van der Waals surface area contributed by atoms with Gasteiger partial charge in [-0.2, -0.15) is 0 Å². The Morgan fingerprint density at radius 1 is 1.45 bits per heavy atom. The average Bonchev–Trinajstić information content (AvgIpc) is 2.41. The number of carbonyl (C=O) groups is 1. The lowest BCUT2D eigenvalue weighted by Crippen LogP contribution is -2.21. The number of carbonyl (C=O) groups excluding carboxylic acids is 1. The summed E-state index contributed by atoms with van der Waals surface area (Å²) >= 11 is 5.93. The predicted molar refractivity (Wildman–Crippen MR) is 79.0 cm³/mol. The number of amides is 1. The van der Waals surface area contributed by atoms with Crippen molar-refractivity contribution in [3.05, 3.63) is 47.2 Å². The number of benzene rings is 1. The first-order chi connectivity index (χ1) is 9.56. The van der Waals surface area contributed by atoms with Gasteiger partial charge in [-0.3, -0.25) is 4.79 Å². The van der Waals surface area contributed by atoms with Gasteiger partial charge in [-0.25, -0.2) is 4.98 Å². The highest BCUT2D eigenvalue weighted by atomic mass is 35.5. The van der Waals surface area contributed by atoms with E-state index >= 15 is 0 Å². The Kier molecular flexibility index (Phi) is 4.42. The highest BCUT2D eigenvalue weighted by molar-refractivity contribution is 6.32. The zero-order valence-electron chi connectivity index (χ0n) is 10.9. The Morgan fingerprint density at radius 3 is 2.95 bits per heavy atom. The summed E-state index contributed by atoms with van der Waals surface area (Å²) in [7, 11) is 0. The molecule has 2 rings (SSSR count). The lowest BCUT2D eigenvalue weighted by atomic mass is 10.2. The summed E-state index contributed by atoms with van der Waals surface area (Å²) in [4.78, 5) is 15.7. The first-order valence-corrected chi connectivity index (χ1v) is 6.33. The Labute approximate surface area is 121 Å². The maximum absolute atomic E-state index is 11.8. The molecule has 0 radical (unpaired) electrons. The van der Waals surface area contributed by atoms with Gasteiger partial charge in [0.15, 0.2) is 11.8 Å². The predicted octanol–water partition coefficient (Wildman–Crippen LogP) is 2.64. The number of nitrogens with one attached hydrogen (secondary N) is 1. The summed E-state index contributed by atoms with van der Waals surface area (Å²) in [5.41, 5.74) is 7.53. The molecule has 0 aliphatic carbocycles. The fourth-order valence-corrected chi connectivity index (χ4v) is 1.86. The number of nitrogen functional groups attached to an aromatic ring is 1. The van der Waals surface area contributed by atoms with Crippen LogP contribution in [0.1, 0.15) is 5.56 Å². The molecule has 0 aliphatic heterocycles. The SMILES string of the molecule is Cc1ccnc(Cl)c1NC(=O)COc1cccc(N)c1. The van der Waals surface area contributed by atoms with Crippen molar-refractivity contribution in [2.75, 3.05) is 17.7 Å². The Morgan fingerprint density at radius 2 is 2.25 bits per heavy atom. The summed E-state index contributed by atoms with van der Waals surface area (Å²) in [5.74, 6) is 0.222. The number of hydrogen-bond donors (Lipinski definition) is 2. The maximum atomic E-state index is 11.8. The molecule has 20 heavy (non-hydrogen) atoms. The van der Waals surface area contributed by atoms with Gasteiger partial charge in [-0.15, -0.1) is 0 Å². The Bertz CT molecular complexity index is 611. The normalized spacial score (nSPS) is 10.1. The van der Waals surface area contributed by atoms with Crippen molar-refractivity contribution in [3.8, 4) is 5.75 Å². The second-order valence-electron chi connectivity index (χ2n) is 4.20. The molecule has 6 heteroatoms. The van der Waals surface area contributed by atoms with Crippen molar-refractivity contribution in [3.63, 3.8) is 0 Å². The van der Waals surface area contributed by atoms with Gasteiger partial charge in [-0.05, 0) is 30.7 Å². The summed E-state index contributed by atoms with van der Waals surface area (Å²) in [5, 5.41) is 2.93. The van der Waals surface area contributed by atoms with E-state index in [9.17, 15) is 4.79 Å². The van der Waals surface area contributed by atoms with E-state index in [1.807, 2.05) is 6.92 Å². The minimum absolute atomic E-state index is 0.131. The number of nitrogens with two attached hydrogens (primary N) is 1. The molecule has 1 heterocycles. The molecule has 0 atom stereocenters. The van der Waals surface area contributed by atoms with Crippen molar-refractivity contribution < 1.29 is 9.53 Å². The van der Waals surface area contributed by atoms with E-state index in [2.05, 4.69) is 10.3 Å². The van der Waals surface area contributed by atoms with Gasteiger partial charge in [-0.1, -0.05) is 17.7 Å². The van der Waals surface area contributed by atoms with Crippen molar-refractivity contribution in [2.24, 2.45) is 0 Å². The number of halogens is 1. The molecular weight excluding hydrogens is 278 g/mol. The molecule has 0 fully saturated rings. The molecule has 104 valence electrons. The fourth-order valence-electron chi connectivity index (χ4n) is 1.60. The number of rotatable bonds is 4. The quantitative estimate of drug-likeness (QED) is 0.670. The van der Waals surface area contributed by atoms with Crippen LogP contribution in [0.15, 0.2) is 36.5 Å². The third-order valence-electron chi connectivity index (χ3n) is 2.61. The minimum atomic E-state index is -0.314. The molecule has 0 bridgehead atoms. The zero-order valence-corrected chi connectivity index (χ0v) is 11.6. The van der Waals surface area contributed by atoms with Crippen LogP contribution in [-0.2, 0) is 4.79 Å². The minimum Gasteiger partial charge on any atom is -0.484 e. The van der Waals surface area contributed by atoms with Crippen LogP contribution in [0.2, 0.25) is 5.15 Å². The second-order valence-corrected chi connectivity index (χ2v) is 4.56. The standard InChI is InChI=1S/C14H14ClN3O2/c1-9-5-6-17-14(15)13(9)18-12(19)8-20-11-4-2-3-10(16)7-11/h2-7H,8,16H2,1H3,(H,18,19). The van der Waals surface area contributed by atoms with Crippen LogP contribution in [0.4, 0.5) is 11.4 Å². The lowest BCUT2D eigenvalue weighted by molar-refractivity contribution is -0.118. The topological polar surface area (TPSA) is 77.2 Å². The van der Waals surface area contributed by atoms with E-state index in [4.69, 9.17) is 22.1 Å². The van der Waals surface area contributed by atoms with Gasteiger partial charge >= 0.3 is 0 Å². The van der Waals surface area contributed by atoms with Crippen LogP contribution in [-0.4, -0.2) is 17.5 Å². The van der Waals surface area contributed by atoms with Gasteiger partial charge in [0.05, 0.1) is 5.69 Å². The van der Waals surface area contributed by atoms with Gasteiger partial charge in [0.2, 0.25) is 0 Å². The molecule has 0 saturated heterocycles. The van der Waals surface area contributed by atoms with Gasteiger partial charge in [0.25, 0.3) is 5.91 Å². The van der Waals surface area contributed by atoms with Crippen molar-refractivity contribution in [2.45, 2.75) is 6.92 Å². The summed E-state index contributed by atoms with van der Waals surface area (Å²) in [6, 6.07) is 8.64. The van der Waals surface area contributed by atoms with Gasteiger partial charge < -0.3 is 15.8 Å². The summed E-state index contributed by atoms with van der Waals surface area (Å²) < 4.78 is 5.35. The van der Waals surface area contributed by atoms with Crippen LogP contribution in [0.5, 0.6) is 5.75 Å². The number of aromatic nitrogens is 1. The number of pyridine rings is 1. The monoisotopic (exact) mass is 291 g/mol. The summed E-state index contributed by atoms with van der Waals surface area (Å²) in [6.45, 7) is 1.70. The van der Waals surface area contributed by atoms with E-state index in [1.165, 1.54) is 0 Å². The largest absolute Gasteiger partial charge is 0.484 e. The third kappa shape index (κ3) is 3.61. The number of hydrogen-bond acceptors (Lipinski definition) is 4. The fraction of sp³-hybridized carbons (Fsp3) is 0.143. The number of aryl methyl sites for hydroxylation is 1. The van der Waals surface area contributed by atoms with Crippen molar-refractivity contribution in [1.29, 1.82) is 0 Å². The van der Waals surface area contributed by atoms with Crippen LogP contribution >= 0.6 is 11.6 Å². The number of ether oxygens (including phenoxy) is 1.